The Morgan fingerprint density at radius 2 is 2.00 bits per heavy atom. The third-order valence-electron chi connectivity index (χ3n) is 1.54. The second-order valence-electron chi connectivity index (χ2n) is 2.65. The molecule has 2 heteroatoms. The van der Waals surface area contributed by atoms with E-state index >= 15 is 0 Å². The predicted molar refractivity (Wildman–Crippen MR) is 48.6 cm³/mol. The van der Waals surface area contributed by atoms with Crippen LogP contribution in [0.4, 0.5) is 5.69 Å². The van der Waals surface area contributed by atoms with Crippen LogP contribution < -0.4 is 11.1 Å². The Labute approximate surface area is 67.4 Å². The van der Waals surface area contributed by atoms with E-state index in [1.165, 1.54) is 0 Å². The van der Waals surface area contributed by atoms with Gasteiger partial charge in [-0.2, -0.15) is 0 Å². The third kappa shape index (κ3) is 2.60. The molecule has 0 unspecified atom stereocenters. The normalized spacial score (nSPS) is 12.5. The lowest BCUT2D eigenvalue weighted by Crippen LogP contribution is -2.24. The number of anilines is 1. The van der Waals surface area contributed by atoms with Crippen LogP contribution in [0.3, 0.4) is 0 Å². The second kappa shape index (κ2) is 3.98. The molecule has 0 aliphatic carbocycles. The van der Waals surface area contributed by atoms with Gasteiger partial charge in [-0.1, -0.05) is 18.2 Å². The van der Waals surface area contributed by atoms with Crippen molar-refractivity contribution in [1.29, 1.82) is 0 Å². The van der Waals surface area contributed by atoms with Gasteiger partial charge in [0.2, 0.25) is 0 Å². The van der Waals surface area contributed by atoms with Crippen molar-refractivity contribution in [2.75, 3.05) is 11.9 Å². The van der Waals surface area contributed by atoms with Crippen molar-refractivity contribution < 1.29 is 0 Å². The van der Waals surface area contributed by atoms with Crippen LogP contribution in [-0.4, -0.2) is 12.6 Å². The first-order chi connectivity index (χ1) is 5.33. The van der Waals surface area contributed by atoms with Gasteiger partial charge in [0.1, 0.15) is 0 Å². The average molecular weight is 150 g/mol. The molecular formula is C9H14N2. The molecule has 0 fully saturated rings. The largest absolute Gasteiger partial charge is 0.381 e. The standard InChI is InChI=1S/C9H14N2/c1-8(7-10)11-9-5-3-2-4-6-9/h2-6,8,11H,7,10H2,1H3/t8-/m0/s1. The van der Waals surface area contributed by atoms with Gasteiger partial charge in [0.25, 0.3) is 0 Å². The lowest BCUT2D eigenvalue weighted by atomic mass is 10.3. The minimum absolute atomic E-state index is 0.345. The lowest BCUT2D eigenvalue weighted by Gasteiger charge is -2.11. The van der Waals surface area contributed by atoms with E-state index in [4.69, 9.17) is 5.73 Å². The zero-order valence-electron chi connectivity index (χ0n) is 6.75. The van der Waals surface area contributed by atoms with Gasteiger partial charge in [0.05, 0.1) is 0 Å². The fraction of sp³-hybridized carbons (Fsp3) is 0.333. The van der Waals surface area contributed by atoms with Crippen LogP contribution in [0.5, 0.6) is 0 Å². The van der Waals surface area contributed by atoms with Crippen molar-refractivity contribution >= 4 is 5.69 Å². The lowest BCUT2D eigenvalue weighted by molar-refractivity contribution is 0.804. The number of nitrogens with two attached hydrogens (primary N) is 1. The molecule has 0 heterocycles. The van der Waals surface area contributed by atoms with Crippen LogP contribution >= 0.6 is 0 Å². The van der Waals surface area contributed by atoms with E-state index in [0.717, 1.165) is 5.69 Å². The maximum atomic E-state index is 5.46. The third-order valence-corrected chi connectivity index (χ3v) is 1.54. The van der Waals surface area contributed by atoms with E-state index in [0.29, 0.717) is 12.6 Å². The maximum Gasteiger partial charge on any atom is 0.0355 e. The Bertz CT molecular complexity index is 196. The molecular weight excluding hydrogens is 136 g/mol. The zero-order valence-corrected chi connectivity index (χ0v) is 6.75. The fourth-order valence-electron chi connectivity index (χ4n) is 0.878. The van der Waals surface area contributed by atoms with Gasteiger partial charge in [-0.05, 0) is 19.1 Å². The molecule has 0 aliphatic heterocycles. The summed E-state index contributed by atoms with van der Waals surface area (Å²) in [6, 6.07) is 10.4. The minimum atomic E-state index is 0.345. The fourth-order valence-corrected chi connectivity index (χ4v) is 0.878. The van der Waals surface area contributed by atoms with Crippen molar-refractivity contribution in [3.63, 3.8) is 0 Å². The summed E-state index contributed by atoms with van der Waals surface area (Å²) < 4.78 is 0. The van der Waals surface area contributed by atoms with Crippen molar-refractivity contribution in [2.24, 2.45) is 5.73 Å². The number of hydrogen-bond acceptors (Lipinski definition) is 2. The molecule has 0 amide bonds. The highest BCUT2D eigenvalue weighted by atomic mass is 14.9. The molecule has 11 heavy (non-hydrogen) atoms. The molecule has 1 aromatic carbocycles. The number of para-hydroxylation sites is 1. The Kier molecular flexibility index (Phi) is 2.93. The van der Waals surface area contributed by atoms with Crippen molar-refractivity contribution in [2.45, 2.75) is 13.0 Å². The Hall–Kier alpha value is -1.02. The van der Waals surface area contributed by atoms with E-state index in [-0.39, 0.29) is 0 Å². The minimum Gasteiger partial charge on any atom is -0.381 e. The van der Waals surface area contributed by atoms with Gasteiger partial charge >= 0.3 is 0 Å². The number of benzene rings is 1. The first kappa shape index (κ1) is 8.08. The highest BCUT2D eigenvalue weighted by Crippen LogP contribution is 2.05. The van der Waals surface area contributed by atoms with Gasteiger partial charge in [-0.25, -0.2) is 0 Å². The molecule has 2 nitrogen and oxygen atoms in total. The molecule has 0 aliphatic rings. The van der Waals surface area contributed by atoms with E-state index in [9.17, 15) is 0 Å². The van der Waals surface area contributed by atoms with Crippen LogP contribution in [-0.2, 0) is 0 Å². The summed E-state index contributed by atoms with van der Waals surface area (Å²) in [4.78, 5) is 0. The van der Waals surface area contributed by atoms with E-state index in [1.54, 1.807) is 0 Å². The molecule has 60 valence electrons. The van der Waals surface area contributed by atoms with Gasteiger partial charge in [0, 0.05) is 18.3 Å². The van der Waals surface area contributed by atoms with Gasteiger partial charge in [0.15, 0.2) is 0 Å². The quantitative estimate of drug-likeness (QED) is 0.684. The summed E-state index contributed by atoms with van der Waals surface area (Å²) in [6.45, 7) is 2.72. The van der Waals surface area contributed by atoms with Gasteiger partial charge < -0.3 is 11.1 Å². The number of rotatable bonds is 3. The first-order valence-corrected chi connectivity index (χ1v) is 3.84. The van der Waals surface area contributed by atoms with E-state index < -0.39 is 0 Å². The summed E-state index contributed by atoms with van der Waals surface area (Å²) in [7, 11) is 0. The molecule has 0 bridgehead atoms. The average Bonchev–Trinajstić information content (AvgIpc) is 2.06. The summed E-state index contributed by atoms with van der Waals surface area (Å²) in [5.41, 5.74) is 6.59. The molecule has 0 aromatic heterocycles. The van der Waals surface area contributed by atoms with Crippen LogP contribution in [0.15, 0.2) is 30.3 Å². The van der Waals surface area contributed by atoms with Gasteiger partial charge in [-0.15, -0.1) is 0 Å². The molecule has 1 aromatic rings. The summed E-state index contributed by atoms with van der Waals surface area (Å²) in [5.74, 6) is 0. The predicted octanol–water partition coefficient (Wildman–Crippen LogP) is 1.45. The molecule has 0 radical (unpaired) electrons. The molecule has 1 rings (SSSR count). The summed E-state index contributed by atoms with van der Waals surface area (Å²) in [5, 5.41) is 3.27. The number of nitrogens with one attached hydrogen (secondary N) is 1. The molecule has 0 saturated heterocycles. The highest BCUT2D eigenvalue weighted by Gasteiger charge is 1.95. The van der Waals surface area contributed by atoms with Crippen LogP contribution in [0.25, 0.3) is 0 Å². The monoisotopic (exact) mass is 150 g/mol. The Morgan fingerprint density at radius 1 is 1.36 bits per heavy atom. The molecule has 3 N–H and O–H groups in total. The molecule has 0 spiro atoms. The van der Waals surface area contributed by atoms with Crippen molar-refractivity contribution in [3.05, 3.63) is 30.3 Å². The molecule has 0 saturated carbocycles. The van der Waals surface area contributed by atoms with Gasteiger partial charge in [-0.3, -0.25) is 0 Å². The van der Waals surface area contributed by atoms with E-state index in [1.807, 2.05) is 30.3 Å². The Balaban J connectivity index is 2.51. The highest BCUT2D eigenvalue weighted by molar-refractivity contribution is 5.43. The molecule has 1 atom stereocenters. The van der Waals surface area contributed by atoms with Crippen LogP contribution in [0.2, 0.25) is 0 Å². The van der Waals surface area contributed by atoms with Crippen LogP contribution in [0, 0.1) is 0 Å². The zero-order chi connectivity index (χ0) is 8.10. The smallest absolute Gasteiger partial charge is 0.0355 e. The van der Waals surface area contributed by atoms with E-state index in [2.05, 4.69) is 12.2 Å². The SMILES string of the molecule is C[C@@H](CN)Nc1ccccc1. The maximum absolute atomic E-state index is 5.46. The summed E-state index contributed by atoms with van der Waals surface area (Å²) in [6.07, 6.45) is 0. The van der Waals surface area contributed by atoms with Crippen LogP contribution in [0.1, 0.15) is 6.92 Å². The summed E-state index contributed by atoms with van der Waals surface area (Å²) >= 11 is 0. The second-order valence-corrected chi connectivity index (χ2v) is 2.65. The van der Waals surface area contributed by atoms with Crippen molar-refractivity contribution in [1.82, 2.24) is 0 Å². The topological polar surface area (TPSA) is 38.0 Å². The Morgan fingerprint density at radius 3 is 2.55 bits per heavy atom. The first-order valence-electron chi connectivity index (χ1n) is 3.84. The van der Waals surface area contributed by atoms with Crippen molar-refractivity contribution in [3.8, 4) is 0 Å². The number of hydrogen-bond donors (Lipinski definition) is 2.